The summed E-state index contributed by atoms with van der Waals surface area (Å²) in [4.78, 5) is 16.5. The van der Waals surface area contributed by atoms with E-state index in [1.165, 1.54) is 47.5 Å². The summed E-state index contributed by atoms with van der Waals surface area (Å²) < 4.78 is 4.78. The third-order valence-electron chi connectivity index (χ3n) is 7.30. The Labute approximate surface area is 191 Å². The first-order valence-electron chi connectivity index (χ1n) is 11.9. The lowest BCUT2D eigenvalue weighted by molar-refractivity contribution is 0.0697. The molecule has 2 saturated carbocycles. The molecule has 164 valence electrons. The first kappa shape index (κ1) is 18.9. The van der Waals surface area contributed by atoms with Crippen molar-refractivity contribution in [2.75, 3.05) is 0 Å². The molecular formula is C28H25N3O2. The average molecular weight is 436 g/mol. The third kappa shape index (κ3) is 3.14. The SMILES string of the molecule is O=C(O)c1ccc2c(c1)nc(-c1ccc3c(c1)c1ccccc1n3CC1CC1)n2CC1CC1. The molecule has 0 spiro atoms. The van der Waals surface area contributed by atoms with Crippen LogP contribution in [0.15, 0.2) is 60.7 Å². The second kappa shape index (κ2) is 6.95. The molecule has 0 amide bonds. The maximum atomic E-state index is 11.5. The molecule has 2 aliphatic carbocycles. The lowest BCUT2D eigenvalue weighted by Gasteiger charge is -2.10. The van der Waals surface area contributed by atoms with Gasteiger partial charge in [0.15, 0.2) is 0 Å². The fourth-order valence-corrected chi connectivity index (χ4v) is 5.17. The Balaban J connectivity index is 1.44. The predicted molar refractivity (Wildman–Crippen MR) is 131 cm³/mol. The Morgan fingerprint density at radius 1 is 0.818 bits per heavy atom. The second-order valence-corrected chi connectivity index (χ2v) is 9.80. The second-order valence-electron chi connectivity index (χ2n) is 9.80. The number of carboxylic acids is 1. The molecule has 0 saturated heterocycles. The molecule has 7 rings (SSSR count). The minimum Gasteiger partial charge on any atom is -0.478 e. The van der Waals surface area contributed by atoms with Crippen molar-refractivity contribution >= 4 is 38.8 Å². The van der Waals surface area contributed by atoms with E-state index in [1.54, 1.807) is 12.1 Å². The van der Waals surface area contributed by atoms with Crippen molar-refractivity contribution in [3.8, 4) is 11.4 Å². The van der Waals surface area contributed by atoms with E-state index < -0.39 is 5.97 Å². The number of benzene rings is 3. The molecule has 3 aromatic carbocycles. The van der Waals surface area contributed by atoms with Gasteiger partial charge in [-0.3, -0.25) is 0 Å². The molecule has 5 aromatic rings. The van der Waals surface area contributed by atoms with Crippen LogP contribution in [0.1, 0.15) is 36.0 Å². The van der Waals surface area contributed by atoms with Crippen LogP contribution in [0.4, 0.5) is 0 Å². The van der Waals surface area contributed by atoms with E-state index in [9.17, 15) is 9.90 Å². The van der Waals surface area contributed by atoms with Gasteiger partial charge in [-0.15, -0.1) is 0 Å². The minimum absolute atomic E-state index is 0.281. The number of hydrogen-bond donors (Lipinski definition) is 1. The van der Waals surface area contributed by atoms with E-state index in [-0.39, 0.29) is 5.56 Å². The van der Waals surface area contributed by atoms with Gasteiger partial charge in [0.25, 0.3) is 0 Å². The highest BCUT2D eigenvalue weighted by Gasteiger charge is 2.26. The molecule has 0 unspecified atom stereocenters. The number of hydrogen-bond acceptors (Lipinski definition) is 2. The zero-order valence-electron chi connectivity index (χ0n) is 18.4. The van der Waals surface area contributed by atoms with Gasteiger partial charge in [-0.1, -0.05) is 18.2 Å². The molecule has 1 N–H and O–H groups in total. The number of para-hydroxylation sites is 1. The quantitative estimate of drug-likeness (QED) is 0.339. The van der Waals surface area contributed by atoms with Crippen molar-refractivity contribution in [1.29, 1.82) is 0 Å². The number of aromatic nitrogens is 3. The van der Waals surface area contributed by atoms with Gasteiger partial charge in [0.05, 0.1) is 16.6 Å². The van der Waals surface area contributed by atoms with Gasteiger partial charge >= 0.3 is 5.97 Å². The van der Waals surface area contributed by atoms with Crippen LogP contribution in [0.25, 0.3) is 44.2 Å². The summed E-state index contributed by atoms with van der Waals surface area (Å²) in [6, 6.07) is 20.7. The van der Waals surface area contributed by atoms with Gasteiger partial charge in [0.1, 0.15) is 5.82 Å². The summed E-state index contributed by atoms with van der Waals surface area (Å²) >= 11 is 0. The molecule has 2 aromatic heterocycles. The molecule has 2 fully saturated rings. The Morgan fingerprint density at radius 3 is 2.27 bits per heavy atom. The lowest BCUT2D eigenvalue weighted by atomic mass is 10.1. The molecule has 0 bridgehead atoms. The summed E-state index contributed by atoms with van der Waals surface area (Å²) in [5.74, 6) is 1.50. The van der Waals surface area contributed by atoms with Crippen LogP contribution < -0.4 is 0 Å². The van der Waals surface area contributed by atoms with Crippen LogP contribution in [0.3, 0.4) is 0 Å². The van der Waals surface area contributed by atoms with Crippen LogP contribution in [0.5, 0.6) is 0 Å². The Morgan fingerprint density at radius 2 is 1.52 bits per heavy atom. The van der Waals surface area contributed by atoms with E-state index >= 15 is 0 Å². The number of aromatic carboxylic acids is 1. The van der Waals surface area contributed by atoms with Crippen LogP contribution in [0.2, 0.25) is 0 Å². The first-order chi connectivity index (χ1) is 16.2. The minimum atomic E-state index is -0.917. The van der Waals surface area contributed by atoms with Crippen LogP contribution in [-0.2, 0) is 13.1 Å². The molecule has 0 radical (unpaired) electrons. The molecule has 5 nitrogen and oxygen atoms in total. The zero-order chi connectivity index (χ0) is 22.1. The fourth-order valence-electron chi connectivity index (χ4n) is 5.17. The summed E-state index contributed by atoms with van der Waals surface area (Å²) in [6.07, 6.45) is 5.16. The smallest absolute Gasteiger partial charge is 0.335 e. The zero-order valence-corrected chi connectivity index (χ0v) is 18.4. The summed E-state index contributed by atoms with van der Waals surface area (Å²) in [5.41, 5.74) is 5.72. The lowest BCUT2D eigenvalue weighted by Crippen LogP contribution is -2.03. The molecule has 0 atom stereocenters. The standard InChI is InChI=1S/C28H25N3O2/c32-28(33)20-10-12-26-23(14-20)29-27(31(26)16-18-7-8-18)19-9-11-25-22(13-19)21-3-1-2-4-24(21)30(25)15-17-5-6-17/h1-4,9-14,17-18H,5-8,15-16H2,(H,32,33). The summed E-state index contributed by atoms with van der Waals surface area (Å²) in [6.45, 7) is 2.02. The van der Waals surface area contributed by atoms with Crippen LogP contribution >= 0.6 is 0 Å². The third-order valence-corrected chi connectivity index (χ3v) is 7.30. The van der Waals surface area contributed by atoms with Crippen LogP contribution in [-0.4, -0.2) is 25.2 Å². The molecule has 2 aliphatic rings. The normalized spacial score (nSPS) is 16.2. The number of carboxylic acid groups (broad SMARTS) is 1. The van der Waals surface area contributed by atoms with Crippen molar-refractivity contribution < 1.29 is 9.90 Å². The Kier molecular flexibility index (Phi) is 3.98. The maximum Gasteiger partial charge on any atom is 0.335 e. The van der Waals surface area contributed by atoms with Gasteiger partial charge in [-0.05, 0) is 80.0 Å². The van der Waals surface area contributed by atoms with E-state index in [0.717, 1.165) is 41.4 Å². The molecule has 5 heteroatoms. The van der Waals surface area contributed by atoms with Gasteiger partial charge in [0, 0.05) is 40.5 Å². The molecular weight excluding hydrogens is 410 g/mol. The van der Waals surface area contributed by atoms with Crippen molar-refractivity contribution in [3.63, 3.8) is 0 Å². The Hall–Kier alpha value is -3.60. The number of carbonyl (C=O) groups is 1. The fraction of sp³-hybridized carbons (Fsp3) is 0.286. The van der Waals surface area contributed by atoms with Crippen molar-refractivity contribution in [1.82, 2.24) is 14.1 Å². The van der Waals surface area contributed by atoms with Gasteiger partial charge in [0.2, 0.25) is 0 Å². The highest BCUT2D eigenvalue weighted by molar-refractivity contribution is 6.09. The van der Waals surface area contributed by atoms with E-state index in [2.05, 4.69) is 51.6 Å². The molecule has 33 heavy (non-hydrogen) atoms. The monoisotopic (exact) mass is 435 g/mol. The van der Waals surface area contributed by atoms with Gasteiger partial charge < -0.3 is 14.2 Å². The topological polar surface area (TPSA) is 60.0 Å². The van der Waals surface area contributed by atoms with Crippen molar-refractivity contribution in [2.45, 2.75) is 38.8 Å². The largest absolute Gasteiger partial charge is 0.478 e. The number of imidazole rings is 1. The highest BCUT2D eigenvalue weighted by Crippen LogP contribution is 2.39. The van der Waals surface area contributed by atoms with Gasteiger partial charge in [-0.2, -0.15) is 0 Å². The van der Waals surface area contributed by atoms with E-state index in [4.69, 9.17) is 4.98 Å². The first-order valence-corrected chi connectivity index (χ1v) is 11.9. The van der Waals surface area contributed by atoms with E-state index in [0.29, 0.717) is 5.92 Å². The number of nitrogens with zero attached hydrogens (tertiary/aromatic N) is 3. The maximum absolute atomic E-state index is 11.5. The average Bonchev–Trinajstić information content (AvgIpc) is 3.75. The summed E-state index contributed by atoms with van der Waals surface area (Å²) in [7, 11) is 0. The van der Waals surface area contributed by atoms with Crippen LogP contribution in [0, 0.1) is 11.8 Å². The van der Waals surface area contributed by atoms with Crippen molar-refractivity contribution in [3.05, 3.63) is 66.2 Å². The molecule has 0 aliphatic heterocycles. The highest BCUT2D eigenvalue weighted by atomic mass is 16.4. The Bertz CT molecular complexity index is 1570. The number of fused-ring (bicyclic) bond motifs is 4. The molecule has 2 heterocycles. The van der Waals surface area contributed by atoms with Gasteiger partial charge in [-0.25, -0.2) is 9.78 Å². The van der Waals surface area contributed by atoms with E-state index in [1.807, 2.05) is 6.07 Å². The number of rotatable bonds is 6. The summed E-state index contributed by atoms with van der Waals surface area (Å²) in [5, 5.41) is 12.0. The van der Waals surface area contributed by atoms with Crippen molar-refractivity contribution in [2.24, 2.45) is 11.8 Å². The predicted octanol–water partition coefficient (Wildman–Crippen LogP) is 6.33.